The molecular formula is C19H26N4. The van der Waals surface area contributed by atoms with Gasteiger partial charge in [0.2, 0.25) is 5.96 Å². The SMILES string of the molecule is CC(C)N=C(NC(C)C)N(Nc1ccccc1)c1ccccc1. The van der Waals surface area contributed by atoms with Crippen molar-refractivity contribution in [2.24, 2.45) is 4.99 Å². The van der Waals surface area contributed by atoms with Crippen LogP contribution in [0.5, 0.6) is 0 Å². The number of anilines is 2. The molecule has 0 spiro atoms. The van der Waals surface area contributed by atoms with E-state index in [0.717, 1.165) is 17.3 Å². The van der Waals surface area contributed by atoms with Gasteiger partial charge in [0.15, 0.2) is 0 Å². The van der Waals surface area contributed by atoms with E-state index in [-0.39, 0.29) is 12.1 Å². The Balaban J connectivity index is 2.38. The van der Waals surface area contributed by atoms with Gasteiger partial charge in [0.1, 0.15) is 0 Å². The Hall–Kier alpha value is -2.49. The molecule has 2 aromatic rings. The highest BCUT2D eigenvalue weighted by atomic mass is 15.6. The van der Waals surface area contributed by atoms with Crippen molar-refractivity contribution in [1.29, 1.82) is 0 Å². The average Bonchev–Trinajstić information content (AvgIpc) is 2.53. The molecule has 0 amide bonds. The Morgan fingerprint density at radius 2 is 1.43 bits per heavy atom. The Morgan fingerprint density at radius 3 is 1.96 bits per heavy atom. The molecule has 0 bridgehead atoms. The van der Waals surface area contributed by atoms with E-state index in [1.807, 2.05) is 53.5 Å². The molecule has 0 aliphatic heterocycles. The Labute approximate surface area is 139 Å². The molecule has 0 radical (unpaired) electrons. The summed E-state index contributed by atoms with van der Waals surface area (Å²) in [6, 6.07) is 20.8. The van der Waals surface area contributed by atoms with Crippen molar-refractivity contribution >= 4 is 17.3 Å². The first-order valence-corrected chi connectivity index (χ1v) is 8.07. The molecule has 0 heterocycles. The van der Waals surface area contributed by atoms with E-state index in [2.05, 4.69) is 50.6 Å². The Morgan fingerprint density at radius 1 is 0.870 bits per heavy atom. The smallest absolute Gasteiger partial charge is 0.218 e. The minimum atomic E-state index is 0.194. The lowest BCUT2D eigenvalue weighted by atomic mass is 10.3. The number of aliphatic imine (C=N–C) groups is 1. The third-order valence-corrected chi connectivity index (χ3v) is 3.04. The predicted molar refractivity (Wildman–Crippen MR) is 99.8 cm³/mol. The fourth-order valence-electron chi connectivity index (χ4n) is 2.12. The molecular weight excluding hydrogens is 284 g/mol. The van der Waals surface area contributed by atoms with E-state index in [4.69, 9.17) is 4.99 Å². The molecule has 4 heteroatoms. The van der Waals surface area contributed by atoms with Gasteiger partial charge < -0.3 is 5.32 Å². The maximum absolute atomic E-state index is 4.76. The van der Waals surface area contributed by atoms with Crippen molar-refractivity contribution < 1.29 is 0 Å². The first kappa shape index (κ1) is 16.9. The topological polar surface area (TPSA) is 39.7 Å². The van der Waals surface area contributed by atoms with Gasteiger partial charge in [-0.05, 0) is 52.0 Å². The number of hydrazine groups is 1. The molecule has 0 fully saturated rings. The Bertz CT molecular complexity index is 606. The summed E-state index contributed by atoms with van der Waals surface area (Å²) in [4.78, 5) is 4.76. The van der Waals surface area contributed by atoms with Crippen LogP contribution in [0.15, 0.2) is 65.7 Å². The van der Waals surface area contributed by atoms with Crippen molar-refractivity contribution in [3.63, 3.8) is 0 Å². The lowest BCUT2D eigenvalue weighted by Crippen LogP contribution is -2.48. The molecule has 4 nitrogen and oxygen atoms in total. The zero-order valence-electron chi connectivity index (χ0n) is 14.3. The summed E-state index contributed by atoms with van der Waals surface area (Å²) in [7, 11) is 0. The standard InChI is InChI=1S/C19H26N4/c1-15(2)20-19(21-16(3)4)23(18-13-9-6-10-14-18)22-17-11-7-5-8-12-17/h5-16,22H,1-4H3,(H,20,21). The number of para-hydroxylation sites is 2. The number of hydrogen-bond donors (Lipinski definition) is 2. The number of hydrogen-bond acceptors (Lipinski definition) is 2. The summed E-state index contributed by atoms with van der Waals surface area (Å²) in [6.07, 6.45) is 0. The van der Waals surface area contributed by atoms with Crippen LogP contribution in [-0.2, 0) is 0 Å². The van der Waals surface area contributed by atoms with Crippen LogP contribution in [0.1, 0.15) is 27.7 Å². The van der Waals surface area contributed by atoms with E-state index in [0.29, 0.717) is 0 Å². The molecule has 0 aromatic heterocycles. The number of rotatable bonds is 5. The molecule has 0 saturated carbocycles. The zero-order chi connectivity index (χ0) is 16.7. The van der Waals surface area contributed by atoms with Crippen LogP contribution >= 0.6 is 0 Å². The van der Waals surface area contributed by atoms with Crippen molar-refractivity contribution in [2.45, 2.75) is 39.8 Å². The largest absolute Gasteiger partial charge is 0.352 e. The van der Waals surface area contributed by atoms with Crippen LogP contribution in [0.25, 0.3) is 0 Å². The van der Waals surface area contributed by atoms with Crippen LogP contribution in [0.3, 0.4) is 0 Å². The van der Waals surface area contributed by atoms with E-state index in [1.165, 1.54) is 0 Å². The van der Waals surface area contributed by atoms with Gasteiger partial charge in [0.05, 0.1) is 11.4 Å². The number of benzene rings is 2. The molecule has 2 N–H and O–H groups in total. The number of guanidine groups is 1. The van der Waals surface area contributed by atoms with Crippen molar-refractivity contribution in [3.05, 3.63) is 60.7 Å². The molecule has 0 saturated heterocycles. The van der Waals surface area contributed by atoms with Crippen LogP contribution in [0.2, 0.25) is 0 Å². The fourth-order valence-corrected chi connectivity index (χ4v) is 2.12. The summed E-state index contributed by atoms with van der Waals surface area (Å²) < 4.78 is 0. The maximum atomic E-state index is 4.76. The number of nitrogens with one attached hydrogen (secondary N) is 2. The average molecular weight is 310 g/mol. The van der Waals surface area contributed by atoms with Crippen molar-refractivity contribution in [2.75, 3.05) is 10.4 Å². The highest BCUT2D eigenvalue weighted by Gasteiger charge is 2.15. The third-order valence-electron chi connectivity index (χ3n) is 3.04. The van der Waals surface area contributed by atoms with Gasteiger partial charge in [0.25, 0.3) is 0 Å². The second kappa shape index (κ2) is 8.22. The Kier molecular flexibility index (Phi) is 6.03. The highest BCUT2D eigenvalue weighted by Crippen LogP contribution is 2.17. The lowest BCUT2D eigenvalue weighted by molar-refractivity contribution is 0.707. The highest BCUT2D eigenvalue weighted by molar-refractivity contribution is 5.98. The van der Waals surface area contributed by atoms with Gasteiger partial charge in [-0.25, -0.2) is 10.0 Å². The number of nitrogens with zero attached hydrogens (tertiary/aromatic N) is 2. The fraction of sp³-hybridized carbons (Fsp3) is 0.316. The lowest BCUT2D eigenvalue weighted by Gasteiger charge is -2.29. The molecule has 2 aromatic carbocycles. The van der Waals surface area contributed by atoms with Crippen LogP contribution < -0.4 is 15.8 Å². The summed E-state index contributed by atoms with van der Waals surface area (Å²) in [5.41, 5.74) is 5.49. The molecule has 0 aliphatic carbocycles. The second-order valence-corrected chi connectivity index (χ2v) is 5.99. The van der Waals surface area contributed by atoms with Crippen molar-refractivity contribution in [3.8, 4) is 0 Å². The molecule has 2 rings (SSSR count). The predicted octanol–water partition coefficient (Wildman–Crippen LogP) is 4.28. The third kappa shape index (κ3) is 5.33. The molecule has 0 aliphatic rings. The van der Waals surface area contributed by atoms with E-state index >= 15 is 0 Å². The summed E-state index contributed by atoms with van der Waals surface area (Å²) in [5, 5.41) is 5.44. The minimum Gasteiger partial charge on any atom is -0.352 e. The van der Waals surface area contributed by atoms with E-state index in [9.17, 15) is 0 Å². The van der Waals surface area contributed by atoms with Gasteiger partial charge in [0, 0.05) is 12.1 Å². The summed E-state index contributed by atoms with van der Waals surface area (Å²) in [6.45, 7) is 8.38. The van der Waals surface area contributed by atoms with E-state index in [1.54, 1.807) is 0 Å². The van der Waals surface area contributed by atoms with Gasteiger partial charge in [-0.15, -0.1) is 0 Å². The monoisotopic (exact) mass is 310 g/mol. The van der Waals surface area contributed by atoms with Crippen LogP contribution in [0.4, 0.5) is 11.4 Å². The van der Waals surface area contributed by atoms with Gasteiger partial charge in [-0.1, -0.05) is 36.4 Å². The second-order valence-electron chi connectivity index (χ2n) is 5.99. The molecule has 0 atom stereocenters. The first-order valence-electron chi connectivity index (χ1n) is 8.07. The quantitative estimate of drug-likeness (QED) is 0.492. The summed E-state index contributed by atoms with van der Waals surface area (Å²) >= 11 is 0. The minimum absolute atomic E-state index is 0.194. The maximum Gasteiger partial charge on any atom is 0.218 e. The van der Waals surface area contributed by atoms with E-state index < -0.39 is 0 Å². The molecule has 0 unspecified atom stereocenters. The van der Waals surface area contributed by atoms with Gasteiger partial charge in [-0.3, -0.25) is 5.43 Å². The van der Waals surface area contributed by atoms with Crippen LogP contribution in [0, 0.1) is 0 Å². The normalized spacial score (nSPS) is 11.7. The molecule has 122 valence electrons. The van der Waals surface area contributed by atoms with Gasteiger partial charge >= 0.3 is 0 Å². The molecule has 23 heavy (non-hydrogen) atoms. The van der Waals surface area contributed by atoms with Gasteiger partial charge in [-0.2, -0.15) is 0 Å². The van der Waals surface area contributed by atoms with Crippen molar-refractivity contribution in [1.82, 2.24) is 5.32 Å². The van der Waals surface area contributed by atoms with Crippen LogP contribution in [-0.4, -0.2) is 18.0 Å². The first-order chi connectivity index (χ1) is 11.1. The summed E-state index contributed by atoms with van der Waals surface area (Å²) in [5.74, 6) is 0.810. The zero-order valence-corrected chi connectivity index (χ0v) is 14.3.